The number of halogens is 3. The highest BCUT2D eigenvalue weighted by atomic mass is 19.4. The maximum atomic E-state index is 13.4. The molecule has 2 aromatic rings. The maximum Gasteiger partial charge on any atom is 0.416 e. The van der Waals surface area contributed by atoms with E-state index in [2.05, 4.69) is 10.2 Å². The van der Waals surface area contributed by atoms with Gasteiger partial charge in [0, 0.05) is 19.6 Å². The van der Waals surface area contributed by atoms with E-state index in [9.17, 15) is 13.2 Å². The second-order valence-electron chi connectivity index (χ2n) is 7.12. The van der Waals surface area contributed by atoms with Crippen LogP contribution >= 0.6 is 0 Å². The molecule has 1 aliphatic heterocycles. The summed E-state index contributed by atoms with van der Waals surface area (Å²) in [7, 11) is 4.57. The lowest BCUT2D eigenvalue weighted by molar-refractivity contribution is -0.137. The van der Waals surface area contributed by atoms with E-state index in [-0.39, 0.29) is 6.04 Å². The number of nitrogens with one attached hydrogen (secondary N) is 1. The molecule has 0 radical (unpaired) electrons. The zero-order chi connectivity index (χ0) is 21.7. The van der Waals surface area contributed by atoms with E-state index >= 15 is 0 Å². The Balaban J connectivity index is 2.15. The van der Waals surface area contributed by atoms with Gasteiger partial charge >= 0.3 is 6.18 Å². The predicted molar refractivity (Wildman–Crippen MR) is 108 cm³/mol. The molecule has 0 aliphatic carbocycles. The van der Waals surface area contributed by atoms with Gasteiger partial charge in [0.05, 0.1) is 32.9 Å². The molecule has 0 saturated carbocycles. The van der Waals surface area contributed by atoms with Crippen LogP contribution in [-0.2, 0) is 6.18 Å². The molecule has 1 atom stereocenters. The van der Waals surface area contributed by atoms with Crippen LogP contribution < -0.4 is 19.5 Å². The highest BCUT2D eigenvalue weighted by molar-refractivity contribution is 5.55. The first kappa shape index (κ1) is 22.2. The first-order chi connectivity index (χ1) is 14.4. The Bertz CT molecular complexity index is 825. The third kappa shape index (κ3) is 4.82. The van der Waals surface area contributed by atoms with Gasteiger partial charge in [0.15, 0.2) is 11.5 Å². The minimum absolute atomic E-state index is 0.388. The van der Waals surface area contributed by atoms with Crippen LogP contribution in [-0.4, -0.2) is 52.4 Å². The van der Waals surface area contributed by atoms with Crippen LogP contribution in [0.1, 0.15) is 29.2 Å². The number of benzene rings is 2. The molecular weight excluding hydrogens is 397 g/mol. The number of ether oxygens (including phenoxy) is 3. The third-order valence-electron chi connectivity index (χ3n) is 5.27. The molecule has 1 fully saturated rings. The molecule has 0 amide bonds. The van der Waals surface area contributed by atoms with E-state index < -0.39 is 11.7 Å². The molecule has 1 saturated heterocycles. The lowest BCUT2D eigenvalue weighted by Gasteiger charge is -2.32. The van der Waals surface area contributed by atoms with Gasteiger partial charge in [-0.15, -0.1) is 0 Å². The van der Waals surface area contributed by atoms with Crippen LogP contribution in [0.25, 0.3) is 0 Å². The van der Waals surface area contributed by atoms with Gasteiger partial charge in [0.1, 0.15) is 0 Å². The van der Waals surface area contributed by atoms with Crippen LogP contribution in [0.15, 0.2) is 36.4 Å². The molecule has 8 heteroatoms. The van der Waals surface area contributed by atoms with Gasteiger partial charge in [0.2, 0.25) is 5.75 Å². The summed E-state index contributed by atoms with van der Waals surface area (Å²) in [5.74, 6) is 1.39. The summed E-state index contributed by atoms with van der Waals surface area (Å²) in [5, 5.41) is 3.34. The molecule has 1 N–H and O–H groups in total. The largest absolute Gasteiger partial charge is 0.493 e. The summed E-state index contributed by atoms with van der Waals surface area (Å²) in [5.41, 5.74) is 0.692. The molecule has 0 aromatic heterocycles. The van der Waals surface area contributed by atoms with Gasteiger partial charge in [0.25, 0.3) is 0 Å². The van der Waals surface area contributed by atoms with Crippen LogP contribution in [0, 0.1) is 0 Å². The summed E-state index contributed by atoms with van der Waals surface area (Å²) in [6, 6.07) is 8.75. The van der Waals surface area contributed by atoms with E-state index in [1.807, 2.05) is 12.1 Å². The average molecular weight is 424 g/mol. The molecule has 2 aromatic carbocycles. The molecule has 5 nitrogen and oxygen atoms in total. The SMILES string of the molecule is COc1cc(C(c2cccc(C(F)(F)F)c2)N2CCCNCC2)cc(OC)c1OC. The highest BCUT2D eigenvalue weighted by Crippen LogP contribution is 2.43. The van der Waals surface area contributed by atoms with Gasteiger partial charge < -0.3 is 19.5 Å². The Labute approximate surface area is 174 Å². The highest BCUT2D eigenvalue weighted by Gasteiger charge is 2.32. The lowest BCUT2D eigenvalue weighted by Crippen LogP contribution is -2.33. The number of hydrogen-bond donors (Lipinski definition) is 1. The number of methoxy groups -OCH3 is 3. The smallest absolute Gasteiger partial charge is 0.416 e. The van der Waals surface area contributed by atoms with Crippen LogP contribution in [0.4, 0.5) is 13.2 Å². The van der Waals surface area contributed by atoms with Crippen LogP contribution in [0.2, 0.25) is 0 Å². The van der Waals surface area contributed by atoms with E-state index in [1.165, 1.54) is 33.5 Å². The Morgan fingerprint density at radius 1 is 0.900 bits per heavy atom. The second kappa shape index (κ2) is 9.57. The van der Waals surface area contributed by atoms with Crippen molar-refractivity contribution in [3.63, 3.8) is 0 Å². The van der Waals surface area contributed by atoms with Gasteiger partial charge in [-0.25, -0.2) is 0 Å². The number of rotatable bonds is 6. The normalized spacial score (nSPS) is 16.6. The van der Waals surface area contributed by atoms with E-state index in [4.69, 9.17) is 14.2 Å². The molecule has 30 heavy (non-hydrogen) atoms. The van der Waals surface area contributed by atoms with Crippen molar-refractivity contribution in [1.29, 1.82) is 0 Å². The summed E-state index contributed by atoms with van der Waals surface area (Å²) in [4.78, 5) is 2.19. The van der Waals surface area contributed by atoms with Gasteiger partial charge in [-0.1, -0.05) is 12.1 Å². The van der Waals surface area contributed by atoms with Crippen molar-refractivity contribution in [3.05, 3.63) is 53.1 Å². The van der Waals surface area contributed by atoms with Crippen molar-refractivity contribution in [2.24, 2.45) is 0 Å². The lowest BCUT2D eigenvalue weighted by atomic mass is 9.94. The summed E-state index contributed by atoms with van der Waals surface area (Å²) in [6.45, 7) is 3.10. The molecule has 1 aliphatic rings. The number of nitrogens with zero attached hydrogens (tertiary/aromatic N) is 1. The minimum atomic E-state index is -4.41. The second-order valence-corrected chi connectivity index (χ2v) is 7.12. The number of hydrogen-bond acceptors (Lipinski definition) is 5. The standard InChI is InChI=1S/C22H27F3N2O3/c1-28-18-13-16(14-19(29-2)21(18)30-3)20(27-10-5-8-26-9-11-27)15-6-4-7-17(12-15)22(23,24)25/h4,6-7,12-14,20,26H,5,8-11H2,1-3H3. The fourth-order valence-electron chi connectivity index (χ4n) is 3.88. The summed E-state index contributed by atoms with van der Waals surface area (Å²) < 4.78 is 56.6. The van der Waals surface area contributed by atoms with E-state index in [0.717, 1.165) is 37.7 Å². The topological polar surface area (TPSA) is 43.0 Å². The fourth-order valence-corrected chi connectivity index (χ4v) is 3.88. The zero-order valence-corrected chi connectivity index (χ0v) is 17.4. The van der Waals surface area contributed by atoms with Crippen LogP contribution in [0.5, 0.6) is 17.2 Å². The Morgan fingerprint density at radius 2 is 1.60 bits per heavy atom. The Morgan fingerprint density at radius 3 is 2.20 bits per heavy atom. The first-order valence-electron chi connectivity index (χ1n) is 9.81. The molecule has 1 unspecified atom stereocenters. The average Bonchev–Trinajstić information content (AvgIpc) is 3.02. The molecule has 1 heterocycles. The van der Waals surface area contributed by atoms with Crippen molar-refractivity contribution in [2.45, 2.75) is 18.6 Å². The molecule has 0 bridgehead atoms. The third-order valence-corrected chi connectivity index (χ3v) is 5.27. The molecule has 3 rings (SSSR count). The predicted octanol–water partition coefficient (Wildman–Crippen LogP) is 4.12. The van der Waals surface area contributed by atoms with Crippen molar-refractivity contribution in [3.8, 4) is 17.2 Å². The van der Waals surface area contributed by atoms with E-state index in [0.29, 0.717) is 29.4 Å². The monoisotopic (exact) mass is 424 g/mol. The summed E-state index contributed by atoms with van der Waals surface area (Å²) in [6.07, 6.45) is -3.50. The van der Waals surface area contributed by atoms with Crippen LogP contribution in [0.3, 0.4) is 0 Å². The van der Waals surface area contributed by atoms with Crippen molar-refractivity contribution in [2.75, 3.05) is 47.5 Å². The van der Waals surface area contributed by atoms with Gasteiger partial charge in [-0.2, -0.15) is 13.2 Å². The van der Waals surface area contributed by atoms with Crippen molar-refractivity contribution < 1.29 is 27.4 Å². The maximum absolute atomic E-state index is 13.4. The Hall–Kier alpha value is -2.45. The number of alkyl halides is 3. The zero-order valence-electron chi connectivity index (χ0n) is 17.4. The molecule has 0 spiro atoms. The van der Waals surface area contributed by atoms with Gasteiger partial charge in [-0.05, 0) is 48.4 Å². The molecular formula is C22H27F3N2O3. The van der Waals surface area contributed by atoms with E-state index in [1.54, 1.807) is 6.07 Å². The van der Waals surface area contributed by atoms with Gasteiger partial charge in [-0.3, -0.25) is 4.90 Å². The first-order valence-corrected chi connectivity index (χ1v) is 9.81. The Kier molecular flexibility index (Phi) is 7.10. The van der Waals surface area contributed by atoms with Crippen molar-refractivity contribution >= 4 is 0 Å². The minimum Gasteiger partial charge on any atom is -0.493 e. The summed E-state index contributed by atoms with van der Waals surface area (Å²) >= 11 is 0. The fraction of sp³-hybridized carbons (Fsp3) is 0.455. The van der Waals surface area contributed by atoms with Crippen molar-refractivity contribution in [1.82, 2.24) is 10.2 Å². The quantitative estimate of drug-likeness (QED) is 0.756. The molecule has 164 valence electrons.